The Hall–Kier alpha value is -1.72. The van der Waals surface area contributed by atoms with Crippen molar-refractivity contribution < 1.29 is 17.7 Å². The molecule has 6 heteroatoms. The summed E-state index contributed by atoms with van der Waals surface area (Å²) >= 11 is 5.06. The van der Waals surface area contributed by atoms with Gasteiger partial charge in [0.25, 0.3) is 0 Å². The summed E-state index contributed by atoms with van der Waals surface area (Å²) in [6.07, 6.45) is 0. The van der Waals surface area contributed by atoms with Crippen LogP contribution in [0.5, 0.6) is 0 Å². The average Bonchev–Trinajstić information content (AvgIpc) is 2.51. The Balaban J connectivity index is 2.17. The van der Waals surface area contributed by atoms with E-state index in [1.165, 1.54) is 0 Å². The van der Waals surface area contributed by atoms with Gasteiger partial charge in [0, 0.05) is 4.90 Å². The summed E-state index contributed by atoms with van der Waals surface area (Å²) in [6.45, 7) is 1.80. The Bertz CT molecular complexity index is 695. The van der Waals surface area contributed by atoms with Gasteiger partial charge in [0.05, 0.1) is 16.2 Å². The minimum Gasteiger partial charge on any atom is -0.485 e. The van der Waals surface area contributed by atoms with E-state index in [1.807, 2.05) is 13.0 Å². The highest BCUT2D eigenvalue weighted by molar-refractivity contribution is 7.88. The molecule has 0 aromatic heterocycles. The van der Waals surface area contributed by atoms with Crippen LogP contribution in [0.2, 0.25) is 0 Å². The van der Waals surface area contributed by atoms with Crippen LogP contribution in [0.3, 0.4) is 0 Å². The molecule has 0 heterocycles. The van der Waals surface area contributed by atoms with Crippen LogP contribution in [0.15, 0.2) is 70.7 Å². The van der Waals surface area contributed by atoms with Crippen LogP contribution in [0.1, 0.15) is 11.1 Å². The smallest absolute Gasteiger partial charge is 0.379 e. The van der Waals surface area contributed by atoms with Crippen LogP contribution in [-0.2, 0) is 22.1 Å². The van der Waals surface area contributed by atoms with E-state index < -0.39 is 21.9 Å². The van der Waals surface area contributed by atoms with E-state index in [4.69, 9.17) is 16.3 Å². The van der Waals surface area contributed by atoms with Crippen molar-refractivity contribution in [3.8, 4) is 0 Å². The van der Waals surface area contributed by atoms with Crippen molar-refractivity contribution in [2.75, 3.05) is 0 Å². The number of rotatable bonds is 6. The summed E-state index contributed by atoms with van der Waals surface area (Å²) in [4.78, 5) is 0.400. The second-order valence-electron chi connectivity index (χ2n) is 4.86. The van der Waals surface area contributed by atoms with E-state index in [0.29, 0.717) is 10.5 Å². The lowest BCUT2D eigenvalue weighted by Crippen LogP contribution is -2.14. The van der Waals surface area contributed by atoms with Crippen LogP contribution in [0.4, 0.5) is 8.78 Å². The van der Waals surface area contributed by atoms with Gasteiger partial charge < -0.3 is 4.74 Å². The molecular weight excluding hydrogens is 342 g/mol. The van der Waals surface area contributed by atoms with Gasteiger partial charge in [-0.2, -0.15) is 8.78 Å². The zero-order valence-electron chi connectivity index (χ0n) is 12.3. The highest BCUT2D eigenvalue weighted by atomic mass is 35.5. The zero-order chi connectivity index (χ0) is 16.9. The van der Waals surface area contributed by atoms with Gasteiger partial charge in [-0.1, -0.05) is 48.0 Å². The van der Waals surface area contributed by atoms with E-state index >= 15 is 0 Å². The normalized spacial score (nSPS) is 13.7. The zero-order valence-corrected chi connectivity index (χ0v) is 13.9. The maximum atomic E-state index is 13.5. The topological polar surface area (TPSA) is 26.3 Å². The molecule has 2 nitrogen and oxygen atoms in total. The number of aryl methyl sites for hydroxylation is 1. The lowest BCUT2D eigenvalue weighted by Gasteiger charge is -2.14. The Morgan fingerprint density at radius 3 is 2.35 bits per heavy atom. The second kappa shape index (κ2) is 7.70. The molecule has 0 aliphatic heterocycles. The van der Waals surface area contributed by atoms with Gasteiger partial charge >= 0.3 is 5.38 Å². The summed E-state index contributed by atoms with van der Waals surface area (Å²) in [5.41, 5.74) is 1.69. The third kappa shape index (κ3) is 5.44. The van der Waals surface area contributed by atoms with Crippen molar-refractivity contribution in [2.24, 2.45) is 0 Å². The predicted octanol–water partition coefficient (Wildman–Crippen LogP) is 4.99. The van der Waals surface area contributed by atoms with E-state index in [-0.39, 0.29) is 6.61 Å². The van der Waals surface area contributed by atoms with Gasteiger partial charge in [-0.15, -0.1) is 0 Å². The SMILES string of the molecule is Cc1ccc([S@](=O)/C=C(\OCc2ccccc2)C(F)(F)Cl)cc1. The van der Waals surface area contributed by atoms with E-state index in [9.17, 15) is 13.0 Å². The highest BCUT2D eigenvalue weighted by Crippen LogP contribution is 2.31. The number of hydrogen-bond acceptors (Lipinski definition) is 2. The quantitative estimate of drug-likeness (QED) is 0.538. The number of benzene rings is 2. The van der Waals surface area contributed by atoms with Crippen molar-refractivity contribution in [3.63, 3.8) is 0 Å². The Labute approximate surface area is 141 Å². The predicted molar refractivity (Wildman–Crippen MR) is 87.7 cm³/mol. The fraction of sp³-hybridized carbons (Fsp3) is 0.176. The van der Waals surface area contributed by atoms with Gasteiger partial charge in [0.1, 0.15) is 6.61 Å². The lowest BCUT2D eigenvalue weighted by molar-refractivity contribution is 0.0434. The van der Waals surface area contributed by atoms with Crippen LogP contribution in [0.25, 0.3) is 0 Å². The largest absolute Gasteiger partial charge is 0.485 e. The minimum absolute atomic E-state index is 0.0833. The number of hydrogen-bond donors (Lipinski definition) is 0. The molecule has 2 aromatic rings. The average molecular weight is 357 g/mol. The lowest BCUT2D eigenvalue weighted by atomic mass is 10.2. The molecule has 0 amide bonds. The molecule has 23 heavy (non-hydrogen) atoms. The summed E-state index contributed by atoms with van der Waals surface area (Å²) in [6, 6.07) is 15.6. The third-order valence-electron chi connectivity index (χ3n) is 2.98. The molecule has 2 rings (SSSR count). The first-order chi connectivity index (χ1) is 10.9. The number of ether oxygens (including phenoxy) is 1. The van der Waals surface area contributed by atoms with Crippen molar-refractivity contribution in [2.45, 2.75) is 23.8 Å². The van der Waals surface area contributed by atoms with Crippen molar-refractivity contribution in [1.82, 2.24) is 0 Å². The molecule has 0 unspecified atom stereocenters. The molecule has 0 saturated carbocycles. The van der Waals surface area contributed by atoms with Gasteiger partial charge in [-0.25, -0.2) is 4.21 Å². The van der Waals surface area contributed by atoms with Crippen LogP contribution < -0.4 is 0 Å². The van der Waals surface area contributed by atoms with E-state index in [1.54, 1.807) is 48.5 Å². The Kier molecular flexibility index (Phi) is 5.91. The molecule has 0 saturated heterocycles. The summed E-state index contributed by atoms with van der Waals surface area (Å²) in [5, 5.41) is -2.88. The minimum atomic E-state index is -3.73. The number of halogens is 3. The molecule has 0 radical (unpaired) electrons. The molecule has 0 aliphatic rings. The van der Waals surface area contributed by atoms with Crippen LogP contribution in [0, 0.1) is 6.92 Å². The Morgan fingerprint density at radius 1 is 1.17 bits per heavy atom. The summed E-state index contributed by atoms with van der Waals surface area (Å²) < 4.78 is 44.2. The van der Waals surface area contributed by atoms with E-state index in [2.05, 4.69) is 0 Å². The first kappa shape index (κ1) is 17.6. The summed E-state index contributed by atoms with van der Waals surface area (Å²) in [5.74, 6) is -0.818. The van der Waals surface area contributed by atoms with Crippen molar-refractivity contribution in [3.05, 3.63) is 76.9 Å². The molecule has 1 atom stereocenters. The van der Waals surface area contributed by atoms with Crippen LogP contribution in [-0.4, -0.2) is 9.59 Å². The van der Waals surface area contributed by atoms with Gasteiger partial charge in [0.2, 0.25) is 0 Å². The summed E-state index contributed by atoms with van der Waals surface area (Å²) in [7, 11) is -1.78. The molecule has 0 spiro atoms. The fourth-order valence-corrected chi connectivity index (χ4v) is 2.88. The molecule has 122 valence electrons. The first-order valence-corrected chi connectivity index (χ1v) is 8.38. The molecule has 0 bridgehead atoms. The molecule has 0 fully saturated rings. The van der Waals surface area contributed by atoms with Gasteiger partial charge in [0.15, 0.2) is 5.76 Å². The molecule has 0 N–H and O–H groups in total. The van der Waals surface area contributed by atoms with Gasteiger partial charge in [-0.3, -0.25) is 0 Å². The first-order valence-electron chi connectivity index (χ1n) is 6.79. The van der Waals surface area contributed by atoms with Crippen LogP contribution >= 0.6 is 11.6 Å². The molecule has 0 aliphatic carbocycles. The number of allylic oxidation sites excluding steroid dienone is 1. The number of alkyl halides is 3. The van der Waals surface area contributed by atoms with Gasteiger partial charge in [-0.05, 0) is 36.2 Å². The maximum absolute atomic E-state index is 13.5. The molecular formula is C17H15ClF2O2S. The standard InChI is InChI=1S/C17H15ClF2O2S/c1-13-7-9-15(10-8-13)23(21)12-16(17(18,19)20)22-11-14-5-3-2-4-6-14/h2-10,12H,11H2,1H3/b16-12-/t23-/m1/s1. The highest BCUT2D eigenvalue weighted by Gasteiger charge is 2.34. The maximum Gasteiger partial charge on any atom is 0.379 e. The van der Waals surface area contributed by atoms with E-state index in [0.717, 1.165) is 11.0 Å². The molecule has 2 aromatic carbocycles. The second-order valence-corrected chi connectivity index (χ2v) is 6.64. The van der Waals surface area contributed by atoms with Crippen molar-refractivity contribution in [1.29, 1.82) is 0 Å². The monoisotopic (exact) mass is 356 g/mol. The Morgan fingerprint density at radius 2 is 1.78 bits per heavy atom. The third-order valence-corrected chi connectivity index (χ3v) is 4.34. The van der Waals surface area contributed by atoms with Crippen molar-refractivity contribution >= 4 is 22.4 Å². The fourth-order valence-electron chi connectivity index (χ4n) is 1.76.